The number of amides is 2. The zero-order valence-corrected chi connectivity index (χ0v) is 16.9. The largest absolute Gasteiger partial charge is 0.454 e. The summed E-state index contributed by atoms with van der Waals surface area (Å²) in [5.41, 5.74) is 0.628. The fourth-order valence-electron chi connectivity index (χ4n) is 3.17. The normalized spacial score (nSPS) is 11.8. The molecule has 0 saturated heterocycles. The molecule has 0 aliphatic carbocycles. The van der Waals surface area contributed by atoms with E-state index in [2.05, 4.69) is 15.7 Å². The van der Waals surface area contributed by atoms with Crippen molar-refractivity contribution in [2.75, 3.05) is 12.1 Å². The molecule has 0 saturated carbocycles. The number of aromatic nitrogens is 2. The molecule has 4 rings (SSSR count). The van der Waals surface area contributed by atoms with E-state index in [-0.39, 0.29) is 32.2 Å². The third kappa shape index (κ3) is 4.86. The van der Waals surface area contributed by atoms with Crippen molar-refractivity contribution in [2.24, 2.45) is 0 Å². The van der Waals surface area contributed by atoms with Gasteiger partial charge in [0, 0.05) is 25.1 Å². The number of hydrogen-bond donors (Lipinski definition) is 3. The highest BCUT2D eigenvalue weighted by Gasteiger charge is 2.16. The van der Waals surface area contributed by atoms with E-state index in [4.69, 9.17) is 9.47 Å². The van der Waals surface area contributed by atoms with Crippen LogP contribution in [0, 0.1) is 0 Å². The molecule has 3 aromatic rings. The Kier molecular flexibility index (Phi) is 6.02. The van der Waals surface area contributed by atoms with Crippen molar-refractivity contribution in [3.05, 3.63) is 86.4 Å². The molecular formula is C22H20N4O6. The van der Waals surface area contributed by atoms with Gasteiger partial charge < -0.3 is 20.1 Å². The monoisotopic (exact) mass is 436 g/mol. The smallest absolute Gasteiger partial charge is 0.265 e. The molecule has 32 heavy (non-hydrogen) atoms. The lowest BCUT2D eigenvalue weighted by Crippen LogP contribution is -2.30. The summed E-state index contributed by atoms with van der Waals surface area (Å²) in [7, 11) is 0. The van der Waals surface area contributed by atoms with Crippen LogP contribution < -0.4 is 31.2 Å². The molecule has 164 valence electrons. The number of fused-ring (bicyclic) bond motifs is 1. The first-order valence-corrected chi connectivity index (χ1v) is 9.85. The molecule has 0 radical (unpaired) electrons. The van der Waals surface area contributed by atoms with E-state index in [1.165, 1.54) is 0 Å². The molecule has 1 aromatic heterocycles. The number of carbonyl (C=O) groups excluding carboxylic acids is 2. The number of anilines is 1. The molecule has 1 aliphatic heterocycles. The molecule has 0 unspecified atom stereocenters. The number of nitrogens with zero attached hydrogens (tertiary/aromatic N) is 1. The zero-order chi connectivity index (χ0) is 22.5. The topological polar surface area (TPSA) is 132 Å². The third-order valence-corrected chi connectivity index (χ3v) is 4.79. The highest BCUT2D eigenvalue weighted by molar-refractivity contribution is 6.03. The van der Waals surface area contributed by atoms with Crippen molar-refractivity contribution in [3.8, 4) is 11.5 Å². The first-order chi connectivity index (χ1) is 15.5. The van der Waals surface area contributed by atoms with Crippen LogP contribution in [0.3, 0.4) is 0 Å². The Hall–Kier alpha value is -4.34. The van der Waals surface area contributed by atoms with Crippen LogP contribution in [-0.4, -0.2) is 28.4 Å². The molecule has 3 N–H and O–H groups in total. The summed E-state index contributed by atoms with van der Waals surface area (Å²) in [6.07, 6.45) is -0.0625. The summed E-state index contributed by atoms with van der Waals surface area (Å²) in [5.74, 6) is 0.526. The van der Waals surface area contributed by atoms with Crippen molar-refractivity contribution in [2.45, 2.75) is 19.5 Å². The van der Waals surface area contributed by atoms with Crippen molar-refractivity contribution in [1.29, 1.82) is 0 Å². The number of carbonyl (C=O) groups is 2. The minimum Gasteiger partial charge on any atom is -0.454 e. The Labute approximate surface area is 181 Å². The van der Waals surface area contributed by atoms with Crippen molar-refractivity contribution >= 4 is 17.5 Å². The van der Waals surface area contributed by atoms with E-state index in [1.54, 1.807) is 36.4 Å². The predicted molar refractivity (Wildman–Crippen MR) is 115 cm³/mol. The number of rotatable bonds is 7. The summed E-state index contributed by atoms with van der Waals surface area (Å²) in [5, 5.41) is 7.86. The number of para-hydroxylation sites is 1. The SMILES string of the molecule is O=C(CCn1[nH]c(=O)ccc1=O)Nc1ccccc1C(=O)NCc1ccc2c(c1)OCO2. The highest BCUT2D eigenvalue weighted by Crippen LogP contribution is 2.32. The molecule has 0 spiro atoms. The van der Waals surface area contributed by atoms with E-state index >= 15 is 0 Å². The van der Waals surface area contributed by atoms with Gasteiger partial charge in [-0.25, -0.2) is 4.68 Å². The number of aryl methyl sites for hydroxylation is 1. The van der Waals surface area contributed by atoms with Gasteiger partial charge in [-0.2, -0.15) is 0 Å². The molecule has 0 fully saturated rings. The Balaban J connectivity index is 1.38. The Morgan fingerprint density at radius 3 is 2.69 bits per heavy atom. The second-order valence-corrected chi connectivity index (χ2v) is 7.01. The predicted octanol–water partition coefficient (Wildman–Crippen LogP) is 1.22. The van der Waals surface area contributed by atoms with Gasteiger partial charge in [-0.3, -0.25) is 24.3 Å². The molecule has 1 aliphatic rings. The maximum absolute atomic E-state index is 12.7. The van der Waals surface area contributed by atoms with Crippen LogP contribution in [0.5, 0.6) is 11.5 Å². The summed E-state index contributed by atoms with van der Waals surface area (Å²) in [6, 6.07) is 14.3. The molecule has 10 nitrogen and oxygen atoms in total. The summed E-state index contributed by atoms with van der Waals surface area (Å²) >= 11 is 0. The van der Waals surface area contributed by atoms with Crippen LogP contribution in [0.25, 0.3) is 0 Å². The minimum absolute atomic E-state index is 0.000770. The quantitative estimate of drug-likeness (QED) is 0.510. The van der Waals surface area contributed by atoms with Crippen LogP contribution in [0.2, 0.25) is 0 Å². The van der Waals surface area contributed by atoms with Gasteiger partial charge in [0.25, 0.3) is 17.0 Å². The lowest BCUT2D eigenvalue weighted by molar-refractivity contribution is -0.116. The molecule has 10 heteroatoms. The lowest BCUT2D eigenvalue weighted by Gasteiger charge is -2.12. The first kappa shape index (κ1) is 20.9. The molecule has 2 amide bonds. The maximum atomic E-state index is 12.7. The summed E-state index contributed by atoms with van der Waals surface area (Å²) < 4.78 is 11.7. The molecule has 0 atom stereocenters. The van der Waals surface area contributed by atoms with Gasteiger partial charge >= 0.3 is 0 Å². The number of H-pyrrole nitrogens is 1. The van der Waals surface area contributed by atoms with Crippen molar-refractivity contribution in [3.63, 3.8) is 0 Å². The van der Waals surface area contributed by atoms with Crippen LogP contribution >= 0.6 is 0 Å². The first-order valence-electron chi connectivity index (χ1n) is 9.85. The molecule has 2 aromatic carbocycles. The van der Waals surface area contributed by atoms with Crippen LogP contribution in [-0.2, 0) is 17.9 Å². The van der Waals surface area contributed by atoms with Crippen LogP contribution in [0.4, 0.5) is 5.69 Å². The number of ether oxygens (including phenoxy) is 2. The fraction of sp³-hybridized carbons (Fsp3) is 0.182. The van der Waals surface area contributed by atoms with Crippen LogP contribution in [0.15, 0.2) is 64.2 Å². The Bertz CT molecular complexity index is 1280. The maximum Gasteiger partial charge on any atom is 0.265 e. The van der Waals surface area contributed by atoms with Gasteiger partial charge in [-0.15, -0.1) is 0 Å². The average Bonchev–Trinajstić information content (AvgIpc) is 3.26. The van der Waals surface area contributed by atoms with E-state index in [9.17, 15) is 19.2 Å². The lowest BCUT2D eigenvalue weighted by atomic mass is 10.1. The van der Waals surface area contributed by atoms with Crippen LogP contribution in [0.1, 0.15) is 22.3 Å². The van der Waals surface area contributed by atoms with E-state index in [0.717, 1.165) is 22.4 Å². The molecule has 2 heterocycles. The van der Waals surface area contributed by atoms with Gasteiger partial charge in [-0.05, 0) is 29.8 Å². The van der Waals surface area contributed by atoms with Gasteiger partial charge in [0.05, 0.1) is 17.8 Å². The number of benzene rings is 2. The zero-order valence-electron chi connectivity index (χ0n) is 16.9. The number of aromatic amines is 1. The summed E-state index contributed by atoms with van der Waals surface area (Å²) in [4.78, 5) is 48.2. The molecular weight excluding hydrogens is 416 g/mol. The number of hydrogen-bond acceptors (Lipinski definition) is 6. The van der Waals surface area contributed by atoms with Crippen molar-refractivity contribution < 1.29 is 19.1 Å². The standard InChI is InChI=1S/C22H20N4O6/c27-19(9-10-26-21(29)8-7-20(28)25-26)24-16-4-2-1-3-15(16)22(30)23-12-14-5-6-17-18(11-14)32-13-31-17/h1-8,11H,9-10,12-13H2,(H,23,30)(H,24,27)(H,25,28). The highest BCUT2D eigenvalue weighted by atomic mass is 16.7. The van der Waals surface area contributed by atoms with E-state index < -0.39 is 17.0 Å². The van der Waals surface area contributed by atoms with Crippen molar-refractivity contribution in [1.82, 2.24) is 15.1 Å². The molecule has 0 bridgehead atoms. The third-order valence-electron chi connectivity index (χ3n) is 4.79. The average molecular weight is 436 g/mol. The number of nitrogens with one attached hydrogen (secondary N) is 3. The fourth-order valence-corrected chi connectivity index (χ4v) is 3.17. The second kappa shape index (κ2) is 9.21. The van der Waals surface area contributed by atoms with E-state index in [1.807, 2.05) is 6.07 Å². The minimum atomic E-state index is -0.436. The Morgan fingerprint density at radius 1 is 1.00 bits per heavy atom. The summed E-state index contributed by atoms with van der Waals surface area (Å²) in [6.45, 7) is 0.439. The van der Waals surface area contributed by atoms with Gasteiger partial charge in [0.15, 0.2) is 11.5 Å². The van der Waals surface area contributed by atoms with E-state index in [0.29, 0.717) is 22.7 Å². The Morgan fingerprint density at radius 2 is 1.81 bits per heavy atom. The second-order valence-electron chi connectivity index (χ2n) is 7.01. The van der Waals surface area contributed by atoms with Gasteiger partial charge in [0.1, 0.15) is 0 Å². The van der Waals surface area contributed by atoms with Gasteiger partial charge in [-0.1, -0.05) is 18.2 Å². The van der Waals surface area contributed by atoms with Gasteiger partial charge in [0.2, 0.25) is 12.7 Å².